The first kappa shape index (κ1) is 16.7. The Morgan fingerprint density at radius 1 is 0.913 bits per heavy atom. The summed E-state index contributed by atoms with van der Waals surface area (Å²) in [5, 5.41) is 18.7. The van der Waals surface area contributed by atoms with Gasteiger partial charge in [0.15, 0.2) is 0 Å². The first-order valence-electron chi connectivity index (χ1n) is 7.78. The molecule has 2 aromatic carbocycles. The summed E-state index contributed by atoms with van der Waals surface area (Å²) in [5.74, 6) is -0.548. The molecule has 0 aliphatic rings. The van der Waals surface area contributed by atoms with E-state index in [0.717, 1.165) is 24.1 Å². The van der Waals surface area contributed by atoms with Gasteiger partial charge in [-0.1, -0.05) is 48.9 Å². The zero-order valence-corrected chi connectivity index (χ0v) is 13.0. The number of unbranched alkanes of at least 4 members (excludes halogenated alkanes) is 2. The Kier molecular flexibility index (Phi) is 6.36. The predicted octanol–water partition coefficient (Wildman–Crippen LogP) is 3.87. The number of carboxylic acid groups (broad SMARTS) is 1. The van der Waals surface area contributed by atoms with Crippen LogP contribution in [-0.2, 0) is 4.79 Å². The number of benzene rings is 2. The van der Waals surface area contributed by atoms with Crippen LogP contribution >= 0.6 is 0 Å². The molecule has 0 saturated carbocycles. The van der Waals surface area contributed by atoms with Crippen molar-refractivity contribution in [2.75, 3.05) is 6.54 Å². The van der Waals surface area contributed by atoms with Crippen LogP contribution in [0.15, 0.2) is 59.6 Å². The molecule has 0 aliphatic carbocycles. The second-order valence-corrected chi connectivity index (χ2v) is 5.32. The molecule has 2 N–H and O–H groups in total. The van der Waals surface area contributed by atoms with E-state index in [9.17, 15) is 9.90 Å². The fourth-order valence-corrected chi connectivity index (χ4v) is 2.36. The van der Waals surface area contributed by atoms with Gasteiger partial charge < -0.3 is 10.2 Å². The summed E-state index contributed by atoms with van der Waals surface area (Å²) in [5.41, 5.74) is 2.44. The number of aliphatic carboxylic acids is 1. The molecule has 0 radical (unpaired) electrons. The van der Waals surface area contributed by atoms with Crippen molar-refractivity contribution >= 4 is 11.7 Å². The Bertz CT molecular complexity index is 665. The monoisotopic (exact) mass is 311 g/mol. The molecule has 2 aromatic rings. The Hall–Kier alpha value is -2.62. The number of para-hydroxylation sites is 1. The number of rotatable bonds is 8. The van der Waals surface area contributed by atoms with E-state index in [1.807, 2.05) is 42.5 Å². The van der Waals surface area contributed by atoms with E-state index >= 15 is 0 Å². The molecule has 0 unspecified atom stereocenters. The van der Waals surface area contributed by atoms with Gasteiger partial charge in [0.2, 0.25) is 0 Å². The maximum absolute atomic E-state index is 10.5. The van der Waals surface area contributed by atoms with Gasteiger partial charge in [0, 0.05) is 24.1 Å². The van der Waals surface area contributed by atoms with Crippen molar-refractivity contribution in [1.29, 1.82) is 0 Å². The number of phenols is 1. The third-order valence-electron chi connectivity index (χ3n) is 3.53. The molecule has 0 bridgehead atoms. The van der Waals surface area contributed by atoms with E-state index in [1.165, 1.54) is 0 Å². The van der Waals surface area contributed by atoms with Crippen molar-refractivity contribution in [2.45, 2.75) is 25.7 Å². The average Bonchev–Trinajstić information content (AvgIpc) is 2.56. The third kappa shape index (κ3) is 5.25. The minimum Gasteiger partial charge on any atom is -0.507 e. The highest BCUT2D eigenvalue weighted by Crippen LogP contribution is 2.21. The number of carbonyl (C=O) groups is 1. The van der Waals surface area contributed by atoms with Crippen LogP contribution in [0.4, 0.5) is 0 Å². The predicted molar refractivity (Wildman–Crippen MR) is 91.2 cm³/mol. The van der Waals surface area contributed by atoms with Crippen LogP contribution in [-0.4, -0.2) is 28.4 Å². The maximum atomic E-state index is 10.5. The minimum absolute atomic E-state index is 0.203. The van der Waals surface area contributed by atoms with Crippen molar-refractivity contribution in [1.82, 2.24) is 0 Å². The SMILES string of the molecule is O=C(O)CCCCCN=C(c1ccccc1)c1ccccc1O. The number of carboxylic acids is 1. The summed E-state index contributed by atoms with van der Waals surface area (Å²) in [4.78, 5) is 15.1. The van der Waals surface area contributed by atoms with Gasteiger partial charge in [0.1, 0.15) is 5.75 Å². The van der Waals surface area contributed by atoms with Crippen LogP contribution in [0, 0.1) is 0 Å². The average molecular weight is 311 g/mol. The van der Waals surface area contributed by atoms with E-state index in [-0.39, 0.29) is 12.2 Å². The van der Waals surface area contributed by atoms with Gasteiger partial charge in [-0.3, -0.25) is 9.79 Å². The molecule has 120 valence electrons. The molecule has 0 aliphatic heterocycles. The molecule has 23 heavy (non-hydrogen) atoms. The highest BCUT2D eigenvalue weighted by Gasteiger charge is 2.10. The molecular formula is C19H21NO3. The topological polar surface area (TPSA) is 69.9 Å². The lowest BCUT2D eigenvalue weighted by molar-refractivity contribution is -0.137. The van der Waals surface area contributed by atoms with Gasteiger partial charge >= 0.3 is 5.97 Å². The molecule has 4 heteroatoms. The summed E-state index contributed by atoms with van der Waals surface area (Å²) in [7, 11) is 0. The smallest absolute Gasteiger partial charge is 0.303 e. The lowest BCUT2D eigenvalue weighted by atomic mass is 10.0. The molecule has 0 amide bonds. The summed E-state index contributed by atoms with van der Waals surface area (Å²) in [6.45, 7) is 0.609. The Balaban J connectivity index is 2.10. The van der Waals surface area contributed by atoms with Crippen molar-refractivity contribution in [3.63, 3.8) is 0 Å². The van der Waals surface area contributed by atoms with Gasteiger partial charge in [-0.25, -0.2) is 0 Å². The Labute approximate surface area is 136 Å². The number of hydrogen-bond donors (Lipinski definition) is 2. The molecule has 4 nitrogen and oxygen atoms in total. The number of hydrogen-bond acceptors (Lipinski definition) is 3. The quantitative estimate of drug-likeness (QED) is 0.574. The van der Waals surface area contributed by atoms with Crippen molar-refractivity contribution in [3.05, 3.63) is 65.7 Å². The van der Waals surface area contributed by atoms with E-state index in [0.29, 0.717) is 18.5 Å². The van der Waals surface area contributed by atoms with E-state index in [4.69, 9.17) is 5.11 Å². The fourth-order valence-electron chi connectivity index (χ4n) is 2.36. The molecule has 0 atom stereocenters. The van der Waals surface area contributed by atoms with E-state index in [1.54, 1.807) is 12.1 Å². The van der Waals surface area contributed by atoms with E-state index in [2.05, 4.69) is 4.99 Å². The van der Waals surface area contributed by atoms with Gasteiger partial charge in [0.05, 0.1) is 5.71 Å². The van der Waals surface area contributed by atoms with Gasteiger partial charge in [-0.05, 0) is 25.0 Å². The van der Waals surface area contributed by atoms with Gasteiger partial charge in [-0.15, -0.1) is 0 Å². The summed E-state index contributed by atoms with van der Waals surface area (Å²) in [6.07, 6.45) is 2.53. The fraction of sp³-hybridized carbons (Fsp3) is 0.263. The van der Waals surface area contributed by atoms with Crippen molar-refractivity contribution in [2.24, 2.45) is 4.99 Å². The van der Waals surface area contributed by atoms with Crippen LogP contribution in [0.25, 0.3) is 0 Å². The molecule has 2 rings (SSSR count). The zero-order valence-electron chi connectivity index (χ0n) is 13.0. The first-order valence-corrected chi connectivity index (χ1v) is 7.78. The molecule has 0 aromatic heterocycles. The standard InChI is InChI=1S/C19H21NO3/c21-17-12-7-6-11-16(17)19(15-9-3-1-4-10-15)20-14-8-2-5-13-18(22)23/h1,3-4,6-7,9-12,21H,2,5,8,13-14H2,(H,22,23). The van der Waals surface area contributed by atoms with Crippen LogP contribution in [0.3, 0.4) is 0 Å². The second-order valence-electron chi connectivity index (χ2n) is 5.32. The van der Waals surface area contributed by atoms with Gasteiger partial charge in [-0.2, -0.15) is 0 Å². The van der Waals surface area contributed by atoms with Crippen LogP contribution in [0.5, 0.6) is 5.75 Å². The number of aliphatic imine (C=N–C) groups is 1. The molecule has 0 saturated heterocycles. The van der Waals surface area contributed by atoms with Crippen LogP contribution in [0.1, 0.15) is 36.8 Å². The third-order valence-corrected chi connectivity index (χ3v) is 3.53. The number of aromatic hydroxyl groups is 1. The Morgan fingerprint density at radius 2 is 1.61 bits per heavy atom. The molecule has 0 heterocycles. The second kappa shape index (κ2) is 8.73. The number of nitrogens with zero attached hydrogens (tertiary/aromatic N) is 1. The lowest BCUT2D eigenvalue weighted by Crippen LogP contribution is -2.05. The maximum Gasteiger partial charge on any atom is 0.303 e. The minimum atomic E-state index is -0.757. The summed E-state index contributed by atoms with van der Waals surface area (Å²) < 4.78 is 0. The van der Waals surface area contributed by atoms with Crippen molar-refractivity contribution < 1.29 is 15.0 Å². The first-order chi connectivity index (χ1) is 11.2. The summed E-state index contributed by atoms with van der Waals surface area (Å²) in [6, 6.07) is 16.9. The van der Waals surface area contributed by atoms with Crippen LogP contribution < -0.4 is 0 Å². The van der Waals surface area contributed by atoms with Crippen molar-refractivity contribution in [3.8, 4) is 5.75 Å². The highest BCUT2D eigenvalue weighted by atomic mass is 16.4. The largest absolute Gasteiger partial charge is 0.507 e. The molecule has 0 spiro atoms. The zero-order chi connectivity index (χ0) is 16.5. The normalized spacial score (nSPS) is 11.4. The molecular weight excluding hydrogens is 290 g/mol. The lowest BCUT2D eigenvalue weighted by Gasteiger charge is -2.09. The molecule has 0 fully saturated rings. The van der Waals surface area contributed by atoms with Gasteiger partial charge in [0.25, 0.3) is 0 Å². The highest BCUT2D eigenvalue weighted by molar-refractivity contribution is 6.14. The number of phenolic OH excluding ortho intramolecular Hbond substituents is 1. The summed E-state index contributed by atoms with van der Waals surface area (Å²) >= 11 is 0. The van der Waals surface area contributed by atoms with Crippen LogP contribution in [0.2, 0.25) is 0 Å². The van der Waals surface area contributed by atoms with E-state index < -0.39 is 5.97 Å². The Morgan fingerprint density at radius 3 is 2.30 bits per heavy atom.